The number of carbonyl (C=O) groups excluding carboxylic acids is 1. The Balaban J connectivity index is 1.72. The molecule has 0 aliphatic heterocycles. The normalized spacial score (nSPS) is 10.7. The third-order valence-corrected chi connectivity index (χ3v) is 3.07. The van der Waals surface area contributed by atoms with Crippen molar-refractivity contribution < 1.29 is 4.79 Å². The Labute approximate surface area is 116 Å². The predicted octanol–water partition coefficient (Wildman–Crippen LogP) is 2.20. The fraction of sp³-hybridized carbons (Fsp3) is 0.133. The number of nitrogens with zero attached hydrogens (tertiary/aromatic N) is 2. The molecule has 3 aromatic rings. The molecule has 1 amide bonds. The molecule has 0 radical (unpaired) electrons. The summed E-state index contributed by atoms with van der Waals surface area (Å²) in [5.74, 6) is -0.143. The van der Waals surface area contributed by atoms with Gasteiger partial charge in [0.25, 0.3) is 5.91 Å². The Kier molecular flexibility index (Phi) is 3.16. The molecule has 0 saturated carbocycles. The summed E-state index contributed by atoms with van der Waals surface area (Å²) in [5, 5.41) is 2.89. The van der Waals surface area contributed by atoms with Gasteiger partial charge in [0.2, 0.25) is 0 Å². The number of aromatic nitrogens is 3. The molecule has 20 heavy (non-hydrogen) atoms. The quantitative estimate of drug-likeness (QED) is 0.763. The van der Waals surface area contributed by atoms with E-state index in [4.69, 9.17) is 0 Å². The number of rotatable bonds is 3. The smallest absolute Gasteiger partial charge is 0.253 e. The Bertz CT molecular complexity index is 763. The lowest BCUT2D eigenvalue weighted by Crippen LogP contribution is -2.22. The standard InChI is InChI=1S/C15H14N4O/c1-10-3-2-4-11(5-10)7-17-15(20)12-6-13-14(16-8-12)19-9-18-13/h2-6,8-9H,7H2,1H3,(H,17,20)(H,16,18,19). The van der Waals surface area contributed by atoms with Crippen molar-refractivity contribution in [3.8, 4) is 0 Å². The van der Waals surface area contributed by atoms with Gasteiger partial charge in [-0.2, -0.15) is 0 Å². The molecule has 0 aliphatic carbocycles. The summed E-state index contributed by atoms with van der Waals surface area (Å²) in [6.45, 7) is 2.53. The highest BCUT2D eigenvalue weighted by atomic mass is 16.1. The summed E-state index contributed by atoms with van der Waals surface area (Å²) in [4.78, 5) is 23.2. The van der Waals surface area contributed by atoms with Gasteiger partial charge in [0, 0.05) is 12.7 Å². The maximum absolute atomic E-state index is 12.1. The van der Waals surface area contributed by atoms with E-state index < -0.39 is 0 Å². The van der Waals surface area contributed by atoms with Crippen molar-refractivity contribution in [2.45, 2.75) is 13.5 Å². The molecule has 0 spiro atoms. The zero-order valence-corrected chi connectivity index (χ0v) is 11.1. The summed E-state index contributed by atoms with van der Waals surface area (Å²) >= 11 is 0. The predicted molar refractivity (Wildman–Crippen MR) is 76.2 cm³/mol. The average Bonchev–Trinajstić information content (AvgIpc) is 2.92. The van der Waals surface area contributed by atoms with Crippen molar-refractivity contribution in [2.24, 2.45) is 0 Å². The largest absolute Gasteiger partial charge is 0.348 e. The minimum absolute atomic E-state index is 0.143. The Morgan fingerprint density at radius 1 is 1.30 bits per heavy atom. The molecule has 1 aromatic carbocycles. The van der Waals surface area contributed by atoms with Gasteiger partial charge in [-0.3, -0.25) is 4.79 Å². The first kappa shape index (κ1) is 12.3. The molecule has 2 N–H and O–H groups in total. The van der Waals surface area contributed by atoms with E-state index in [1.54, 1.807) is 12.4 Å². The molecule has 0 saturated heterocycles. The molecule has 100 valence electrons. The van der Waals surface area contributed by atoms with Crippen LogP contribution in [0.15, 0.2) is 42.9 Å². The third kappa shape index (κ3) is 2.51. The Hall–Kier alpha value is -2.69. The highest BCUT2D eigenvalue weighted by Gasteiger charge is 2.08. The summed E-state index contributed by atoms with van der Waals surface area (Å²) in [6, 6.07) is 9.80. The van der Waals surface area contributed by atoms with Crippen molar-refractivity contribution in [3.05, 3.63) is 59.5 Å². The Morgan fingerprint density at radius 3 is 3.05 bits per heavy atom. The van der Waals surface area contributed by atoms with Crippen LogP contribution in [0, 0.1) is 6.92 Å². The van der Waals surface area contributed by atoms with Crippen LogP contribution in [0.2, 0.25) is 0 Å². The number of H-pyrrole nitrogens is 1. The lowest BCUT2D eigenvalue weighted by atomic mass is 10.1. The van der Waals surface area contributed by atoms with Crippen LogP contribution in [-0.2, 0) is 6.54 Å². The number of hydrogen-bond donors (Lipinski definition) is 2. The second-order valence-electron chi connectivity index (χ2n) is 4.67. The van der Waals surface area contributed by atoms with Crippen molar-refractivity contribution >= 4 is 17.1 Å². The first-order chi connectivity index (χ1) is 9.72. The number of hydrogen-bond acceptors (Lipinski definition) is 3. The fourth-order valence-corrected chi connectivity index (χ4v) is 2.06. The summed E-state index contributed by atoms with van der Waals surface area (Å²) in [7, 11) is 0. The molecule has 5 nitrogen and oxygen atoms in total. The monoisotopic (exact) mass is 266 g/mol. The number of imidazole rings is 1. The number of aryl methyl sites for hydroxylation is 1. The molecule has 0 unspecified atom stereocenters. The van der Waals surface area contributed by atoms with Gasteiger partial charge in [-0.05, 0) is 18.6 Å². The van der Waals surface area contributed by atoms with Gasteiger partial charge in [-0.1, -0.05) is 29.8 Å². The molecule has 0 aliphatic rings. The SMILES string of the molecule is Cc1cccc(CNC(=O)c2cnc3nc[nH]c3c2)c1. The number of amides is 1. The van der Waals surface area contributed by atoms with Crippen LogP contribution in [0.25, 0.3) is 11.2 Å². The zero-order chi connectivity index (χ0) is 13.9. The first-order valence-electron chi connectivity index (χ1n) is 6.35. The molecular formula is C15H14N4O. The zero-order valence-electron chi connectivity index (χ0n) is 11.1. The van der Waals surface area contributed by atoms with Gasteiger partial charge >= 0.3 is 0 Å². The second-order valence-corrected chi connectivity index (χ2v) is 4.67. The van der Waals surface area contributed by atoms with Gasteiger partial charge in [0.05, 0.1) is 17.4 Å². The minimum atomic E-state index is -0.143. The lowest BCUT2D eigenvalue weighted by molar-refractivity contribution is 0.0950. The molecule has 0 fully saturated rings. The van der Waals surface area contributed by atoms with Crippen molar-refractivity contribution in [1.29, 1.82) is 0 Å². The van der Waals surface area contributed by atoms with E-state index in [1.165, 1.54) is 11.8 Å². The van der Waals surface area contributed by atoms with E-state index in [-0.39, 0.29) is 5.91 Å². The van der Waals surface area contributed by atoms with Crippen LogP contribution in [0.4, 0.5) is 0 Å². The number of nitrogens with one attached hydrogen (secondary N) is 2. The highest BCUT2D eigenvalue weighted by Crippen LogP contribution is 2.09. The molecule has 2 aromatic heterocycles. The number of aromatic amines is 1. The van der Waals surface area contributed by atoms with Crippen LogP contribution in [0.3, 0.4) is 0 Å². The third-order valence-electron chi connectivity index (χ3n) is 3.07. The highest BCUT2D eigenvalue weighted by molar-refractivity contribution is 5.96. The van der Waals surface area contributed by atoms with Crippen molar-refractivity contribution in [1.82, 2.24) is 20.3 Å². The van der Waals surface area contributed by atoms with Crippen molar-refractivity contribution in [3.63, 3.8) is 0 Å². The van der Waals surface area contributed by atoms with E-state index in [2.05, 4.69) is 26.3 Å². The number of benzene rings is 1. The molecule has 3 rings (SSSR count). The summed E-state index contributed by atoms with van der Waals surface area (Å²) in [5.41, 5.74) is 4.15. The van der Waals surface area contributed by atoms with Gasteiger partial charge < -0.3 is 10.3 Å². The van der Waals surface area contributed by atoms with E-state index in [0.717, 1.165) is 11.1 Å². The van der Waals surface area contributed by atoms with Crippen LogP contribution < -0.4 is 5.32 Å². The average molecular weight is 266 g/mol. The van der Waals surface area contributed by atoms with Gasteiger partial charge in [-0.25, -0.2) is 9.97 Å². The summed E-state index contributed by atoms with van der Waals surface area (Å²) < 4.78 is 0. The van der Waals surface area contributed by atoms with Crippen LogP contribution in [0.1, 0.15) is 21.5 Å². The molecule has 0 atom stereocenters. The van der Waals surface area contributed by atoms with Crippen molar-refractivity contribution in [2.75, 3.05) is 0 Å². The lowest BCUT2D eigenvalue weighted by Gasteiger charge is -2.06. The van der Waals surface area contributed by atoms with E-state index in [0.29, 0.717) is 17.8 Å². The van der Waals surface area contributed by atoms with Crippen LogP contribution in [0.5, 0.6) is 0 Å². The molecule has 2 heterocycles. The molecule has 0 bridgehead atoms. The van der Waals surface area contributed by atoms with E-state index in [9.17, 15) is 4.79 Å². The molecule has 5 heteroatoms. The van der Waals surface area contributed by atoms with Gasteiger partial charge in [-0.15, -0.1) is 0 Å². The van der Waals surface area contributed by atoms with Crippen LogP contribution in [-0.4, -0.2) is 20.9 Å². The number of fused-ring (bicyclic) bond motifs is 1. The van der Waals surface area contributed by atoms with E-state index >= 15 is 0 Å². The molecular weight excluding hydrogens is 252 g/mol. The van der Waals surface area contributed by atoms with E-state index in [1.807, 2.05) is 25.1 Å². The van der Waals surface area contributed by atoms with Crippen LogP contribution >= 0.6 is 0 Å². The second kappa shape index (κ2) is 5.13. The summed E-state index contributed by atoms with van der Waals surface area (Å²) in [6.07, 6.45) is 3.10. The number of pyridine rings is 1. The van der Waals surface area contributed by atoms with Gasteiger partial charge in [0.15, 0.2) is 5.65 Å². The fourth-order valence-electron chi connectivity index (χ4n) is 2.06. The topological polar surface area (TPSA) is 70.7 Å². The maximum Gasteiger partial charge on any atom is 0.253 e. The van der Waals surface area contributed by atoms with Gasteiger partial charge in [0.1, 0.15) is 0 Å². The maximum atomic E-state index is 12.1. The first-order valence-corrected chi connectivity index (χ1v) is 6.35. The minimum Gasteiger partial charge on any atom is -0.348 e. The Morgan fingerprint density at radius 2 is 2.20 bits per heavy atom. The number of carbonyl (C=O) groups is 1.